The predicted molar refractivity (Wildman–Crippen MR) is 125 cm³/mol. The lowest BCUT2D eigenvalue weighted by molar-refractivity contribution is -0.136. The fourth-order valence-electron chi connectivity index (χ4n) is 3.17. The molecule has 0 heterocycles. The fraction of sp³-hybridized carbons (Fsp3) is 0.360. The summed E-state index contributed by atoms with van der Waals surface area (Å²) in [5.41, 5.74) is 4.64. The molecule has 0 atom stereocenters. The number of unbranched alkanes of at least 4 members (excludes halogenated alkanes) is 2. The number of nitrogens with zero attached hydrogens (tertiary/aromatic N) is 1. The number of carbonyl (C=O) groups is 2. The number of amides is 2. The summed E-state index contributed by atoms with van der Waals surface area (Å²) < 4.78 is 5.17. The van der Waals surface area contributed by atoms with Gasteiger partial charge in [0.25, 0.3) is 0 Å². The van der Waals surface area contributed by atoms with Crippen LogP contribution in [-0.4, -0.2) is 37.3 Å². The molecule has 0 radical (unpaired) electrons. The number of ether oxygens (including phenoxy) is 1. The standard InChI is InChI=1S/C25H32N2O4/c1-5-7-8-15-26-25(30)27(4)21-14-9-18(3)22(17-21)20-12-10-19(11-13-20)16-23(24(28)29)31-6-2/h9-14,16-17H,5-8,15H2,1-4H3,(H,26,30)(H,28,29). The van der Waals surface area contributed by atoms with Crippen molar-refractivity contribution >= 4 is 23.8 Å². The van der Waals surface area contributed by atoms with E-state index in [-0.39, 0.29) is 11.8 Å². The number of carboxylic acid groups (broad SMARTS) is 1. The predicted octanol–water partition coefficient (Wildman–Crippen LogP) is 5.46. The Morgan fingerprint density at radius 2 is 1.81 bits per heavy atom. The second-order valence-electron chi connectivity index (χ2n) is 7.37. The van der Waals surface area contributed by atoms with E-state index in [1.54, 1.807) is 18.9 Å². The molecular formula is C25H32N2O4. The average molecular weight is 425 g/mol. The van der Waals surface area contributed by atoms with E-state index < -0.39 is 5.97 Å². The van der Waals surface area contributed by atoms with Crippen LogP contribution in [0.5, 0.6) is 0 Å². The van der Waals surface area contributed by atoms with Gasteiger partial charge >= 0.3 is 12.0 Å². The average Bonchev–Trinajstić information content (AvgIpc) is 2.76. The molecule has 0 saturated carbocycles. The SMILES string of the molecule is CCCCCNC(=O)N(C)c1ccc(C)c(-c2ccc(C=C(OCC)C(=O)O)cc2)c1. The van der Waals surface area contributed by atoms with Gasteiger partial charge in [0.2, 0.25) is 5.76 Å². The molecule has 0 fully saturated rings. The van der Waals surface area contributed by atoms with Crippen LogP contribution in [0.3, 0.4) is 0 Å². The summed E-state index contributed by atoms with van der Waals surface area (Å²) >= 11 is 0. The Balaban J connectivity index is 2.20. The first-order chi connectivity index (χ1) is 14.9. The molecule has 6 heteroatoms. The zero-order chi connectivity index (χ0) is 22.8. The van der Waals surface area contributed by atoms with E-state index in [0.717, 1.165) is 47.2 Å². The number of aryl methyl sites for hydroxylation is 1. The Kier molecular flexibility index (Phi) is 9.13. The largest absolute Gasteiger partial charge is 0.487 e. The quantitative estimate of drug-likeness (QED) is 0.302. The Morgan fingerprint density at radius 1 is 1.10 bits per heavy atom. The maximum absolute atomic E-state index is 12.4. The molecule has 0 aliphatic carbocycles. The molecule has 0 unspecified atom stereocenters. The van der Waals surface area contributed by atoms with Gasteiger partial charge in [0.05, 0.1) is 6.61 Å². The number of carboxylic acids is 1. The van der Waals surface area contributed by atoms with E-state index in [1.807, 2.05) is 49.4 Å². The Morgan fingerprint density at radius 3 is 2.42 bits per heavy atom. The van der Waals surface area contributed by atoms with Gasteiger partial charge in [-0.1, -0.05) is 50.1 Å². The Bertz CT molecular complexity index is 920. The fourth-order valence-corrected chi connectivity index (χ4v) is 3.17. The number of benzene rings is 2. The number of hydrogen-bond donors (Lipinski definition) is 2. The van der Waals surface area contributed by atoms with E-state index >= 15 is 0 Å². The van der Waals surface area contributed by atoms with Crippen molar-refractivity contribution in [1.82, 2.24) is 5.32 Å². The molecule has 0 aliphatic heterocycles. The molecule has 2 rings (SSSR count). The topological polar surface area (TPSA) is 78.9 Å². The van der Waals surface area contributed by atoms with Gasteiger partial charge in [0.15, 0.2) is 0 Å². The molecule has 2 aromatic carbocycles. The van der Waals surface area contributed by atoms with Crippen molar-refractivity contribution in [3.8, 4) is 11.1 Å². The molecule has 0 spiro atoms. The van der Waals surface area contributed by atoms with Crippen LogP contribution in [-0.2, 0) is 9.53 Å². The van der Waals surface area contributed by atoms with Crippen molar-refractivity contribution in [2.45, 2.75) is 40.0 Å². The number of nitrogens with one attached hydrogen (secondary N) is 1. The van der Waals surface area contributed by atoms with Crippen LogP contribution < -0.4 is 10.2 Å². The minimum Gasteiger partial charge on any atom is -0.487 e. The van der Waals surface area contributed by atoms with Crippen LogP contribution in [0.2, 0.25) is 0 Å². The molecule has 0 aliphatic rings. The second kappa shape index (κ2) is 11.8. The summed E-state index contributed by atoms with van der Waals surface area (Å²) in [6.45, 7) is 6.87. The van der Waals surface area contributed by atoms with E-state index in [0.29, 0.717) is 13.2 Å². The first-order valence-corrected chi connectivity index (χ1v) is 10.7. The Hall–Kier alpha value is -3.28. The van der Waals surface area contributed by atoms with Crippen molar-refractivity contribution in [3.63, 3.8) is 0 Å². The number of hydrogen-bond acceptors (Lipinski definition) is 3. The molecule has 6 nitrogen and oxygen atoms in total. The van der Waals surface area contributed by atoms with Gasteiger partial charge in [-0.25, -0.2) is 9.59 Å². The van der Waals surface area contributed by atoms with Gasteiger partial charge in [0, 0.05) is 19.3 Å². The zero-order valence-electron chi connectivity index (χ0n) is 18.8. The van der Waals surface area contributed by atoms with Crippen molar-refractivity contribution < 1.29 is 19.4 Å². The number of aliphatic carboxylic acids is 1. The molecule has 2 amide bonds. The van der Waals surface area contributed by atoms with Crippen LogP contribution in [0.4, 0.5) is 10.5 Å². The van der Waals surface area contributed by atoms with Gasteiger partial charge in [-0.2, -0.15) is 0 Å². The van der Waals surface area contributed by atoms with E-state index in [4.69, 9.17) is 4.74 Å². The highest BCUT2D eigenvalue weighted by Gasteiger charge is 2.13. The third kappa shape index (κ3) is 6.88. The second-order valence-corrected chi connectivity index (χ2v) is 7.37. The first kappa shape index (κ1) is 24.0. The van der Waals surface area contributed by atoms with Crippen LogP contribution in [0, 0.1) is 6.92 Å². The van der Waals surface area contributed by atoms with Gasteiger partial charge in [0.1, 0.15) is 0 Å². The van der Waals surface area contributed by atoms with Crippen LogP contribution in [0.15, 0.2) is 48.2 Å². The smallest absolute Gasteiger partial charge is 0.371 e. The van der Waals surface area contributed by atoms with Crippen LogP contribution in [0.1, 0.15) is 44.2 Å². The number of carbonyl (C=O) groups excluding carboxylic acids is 1. The molecule has 2 aromatic rings. The van der Waals surface area contributed by atoms with Gasteiger partial charge in [-0.15, -0.1) is 0 Å². The number of anilines is 1. The van der Waals surface area contributed by atoms with Crippen molar-refractivity contribution in [3.05, 3.63) is 59.4 Å². The van der Waals surface area contributed by atoms with Gasteiger partial charge in [-0.3, -0.25) is 4.90 Å². The number of rotatable bonds is 10. The highest BCUT2D eigenvalue weighted by molar-refractivity contribution is 5.92. The summed E-state index contributed by atoms with van der Waals surface area (Å²) in [7, 11) is 1.76. The lowest BCUT2D eigenvalue weighted by atomic mass is 9.98. The Labute approximate surface area is 184 Å². The lowest BCUT2D eigenvalue weighted by Crippen LogP contribution is -2.37. The summed E-state index contributed by atoms with van der Waals surface area (Å²) in [6, 6.07) is 13.4. The van der Waals surface area contributed by atoms with Crippen LogP contribution in [0.25, 0.3) is 17.2 Å². The van der Waals surface area contributed by atoms with E-state index in [2.05, 4.69) is 12.2 Å². The first-order valence-electron chi connectivity index (χ1n) is 10.7. The maximum Gasteiger partial charge on any atom is 0.371 e. The molecule has 0 saturated heterocycles. The maximum atomic E-state index is 12.4. The van der Waals surface area contributed by atoms with Crippen LogP contribution >= 0.6 is 0 Å². The molecule has 31 heavy (non-hydrogen) atoms. The minimum atomic E-state index is -1.09. The summed E-state index contributed by atoms with van der Waals surface area (Å²) in [5.74, 6) is -1.18. The van der Waals surface area contributed by atoms with E-state index in [1.165, 1.54) is 6.08 Å². The normalized spacial score (nSPS) is 11.2. The third-order valence-electron chi connectivity index (χ3n) is 5.00. The molecular weight excluding hydrogens is 392 g/mol. The van der Waals surface area contributed by atoms with Crippen molar-refractivity contribution in [2.75, 3.05) is 25.1 Å². The molecule has 2 N–H and O–H groups in total. The molecule has 0 aromatic heterocycles. The minimum absolute atomic E-state index is 0.0833. The zero-order valence-corrected chi connectivity index (χ0v) is 18.8. The highest BCUT2D eigenvalue weighted by atomic mass is 16.5. The van der Waals surface area contributed by atoms with E-state index in [9.17, 15) is 14.7 Å². The molecule has 166 valence electrons. The summed E-state index contributed by atoms with van der Waals surface area (Å²) in [5, 5.41) is 12.2. The number of urea groups is 1. The van der Waals surface area contributed by atoms with Crippen molar-refractivity contribution in [2.24, 2.45) is 0 Å². The lowest BCUT2D eigenvalue weighted by Gasteiger charge is -2.20. The molecule has 0 bridgehead atoms. The highest BCUT2D eigenvalue weighted by Crippen LogP contribution is 2.28. The van der Waals surface area contributed by atoms with Crippen molar-refractivity contribution in [1.29, 1.82) is 0 Å². The third-order valence-corrected chi connectivity index (χ3v) is 5.00. The monoisotopic (exact) mass is 424 g/mol. The summed E-state index contributed by atoms with van der Waals surface area (Å²) in [4.78, 5) is 25.3. The summed E-state index contributed by atoms with van der Waals surface area (Å²) in [6.07, 6.45) is 4.70. The van der Waals surface area contributed by atoms with Gasteiger partial charge in [-0.05, 0) is 60.7 Å². The van der Waals surface area contributed by atoms with Gasteiger partial charge < -0.3 is 15.2 Å².